The molecule has 1 saturated carbocycles. The number of nitrogens with zero attached hydrogens (tertiary/aromatic N) is 3. The first-order chi connectivity index (χ1) is 19.0. The molecule has 13 heteroatoms. The summed E-state index contributed by atoms with van der Waals surface area (Å²) >= 11 is 0. The predicted molar refractivity (Wildman–Crippen MR) is 142 cm³/mol. The monoisotopic (exact) mass is 547 g/mol. The fourth-order valence-corrected chi connectivity index (χ4v) is 4.39. The molecule has 13 nitrogen and oxygen atoms in total. The number of aromatic nitrogens is 4. The Kier molecular flexibility index (Phi) is 6.57. The Morgan fingerprint density at radius 3 is 2.15 bits per heavy atom. The number of carbonyl (C=O) groups excluding carboxylic acids is 3. The number of amides is 1. The van der Waals surface area contributed by atoms with Crippen LogP contribution in [0.2, 0.25) is 0 Å². The molecule has 1 aliphatic carbocycles. The number of nitrogens with one attached hydrogen (secondary N) is 2. The topological polar surface area (TPSA) is 194 Å². The molecule has 4 aromatic rings. The van der Waals surface area contributed by atoms with Gasteiger partial charge in [0.1, 0.15) is 12.3 Å². The van der Waals surface area contributed by atoms with Gasteiger partial charge in [-0.1, -0.05) is 0 Å². The summed E-state index contributed by atoms with van der Waals surface area (Å²) in [5.41, 5.74) is 7.90. The van der Waals surface area contributed by atoms with Crippen molar-refractivity contribution >= 4 is 57.0 Å². The fourth-order valence-electron chi connectivity index (χ4n) is 4.39. The Morgan fingerprint density at radius 1 is 1.02 bits per heavy atom. The lowest BCUT2D eigenvalue weighted by Gasteiger charge is -2.29. The molecule has 1 amide bonds. The summed E-state index contributed by atoms with van der Waals surface area (Å²) in [6.07, 6.45) is 5.84. The maximum Gasteiger partial charge on any atom is 0.377 e. The number of ether oxygens (including phenoxy) is 2. The highest BCUT2D eigenvalue weighted by atomic mass is 16.7. The predicted octanol–water partition coefficient (Wildman–Crippen LogP) is 2.56. The summed E-state index contributed by atoms with van der Waals surface area (Å²) in [6, 6.07) is 11.1. The summed E-state index contributed by atoms with van der Waals surface area (Å²) in [5, 5.41) is 24.3. The van der Waals surface area contributed by atoms with Crippen molar-refractivity contribution in [3.63, 3.8) is 0 Å². The molecule has 1 unspecified atom stereocenters. The highest BCUT2D eigenvalue weighted by molar-refractivity contribution is 6.08. The lowest BCUT2D eigenvalue weighted by atomic mass is 10.1. The number of rotatable bonds is 2. The van der Waals surface area contributed by atoms with E-state index >= 15 is 0 Å². The quantitative estimate of drug-likeness (QED) is 0.125. The molecule has 2 aromatic heterocycles. The van der Waals surface area contributed by atoms with Gasteiger partial charge in [-0.2, -0.15) is 10.2 Å². The zero-order chi connectivity index (χ0) is 28.7. The van der Waals surface area contributed by atoms with Crippen molar-refractivity contribution in [2.75, 3.05) is 17.2 Å². The molecule has 2 aliphatic heterocycles. The molecule has 206 valence electrons. The summed E-state index contributed by atoms with van der Waals surface area (Å²) in [6.45, 7) is 3.52. The number of anilines is 2. The Bertz CT molecular complexity index is 1600. The van der Waals surface area contributed by atoms with Gasteiger partial charge in [0.2, 0.25) is 5.91 Å². The minimum absolute atomic E-state index is 0.342. The van der Waals surface area contributed by atoms with E-state index in [-0.39, 0.29) is 5.91 Å². The number of carboxylic acids is 1. The third-order valence-electron chi connectivity index (χ3n) is 6.72. The van der Waals surface area contributed by atoms with Crippen molar-refractivity contribution in [2.45, 2.75) is 32.5 Å². The molecule has 7 rings (SSSR count). The molecular formula is C27H27N6O7+. The lowest BCUT2D eigenvalue weighted by Crippen LogP contribution is -2.47. The number of nitrogen functional groups attached to an aromatic ring is 1. The average molecular weight is 548 g/mol. The van der Waals surface area contributed by atoms with Gasteiger partial charge in [-0.05, 0) is 42.8 Å². The van der Waals surface area contributed by atoms with Crippen LogP contribution in [0.15, 0.2) is 48.8 Å². The van der Waals surface area contributed by atoms with Crippen molar-refractivity contribution in [1.82, 2.24) is 20.4 Å². The molecule has 3 aliphatic rings. The molecule has 1 spiro atoms. The van der Waals surface area contributed by atoms with Crippen LogP contribution in [0.4, 0.5) is 11.4 Å². The van der Waals surface area contributed by atoms with Crippen molar-refractivity contribution in [3.05, 3.63) is 55.2 Å². The summed E-state index contributed by atoms with van der Waals surface area (Å²) in [7, 11) is 0. The maximum absolute atomic E-state index is 11.9. The van der Waals surface area contributed by atoms with Gasteiger partial charge in [0.05, 0.1) is 23.4 Å². The van der Waals surface area contributed by atoms with E-state index in [0.717, 1.165) is 33.2 Å². The zero-order valence-corrected chi connectivity index (χ0v) is 21.7. The average Bonchev–Trinajstić information content (AvgIpc) is 3.18. The molecule has 2 aromatic carbocycles. The molecule has 1 atom stereocenters. The number of cyclic esters (lactones) is 2. The van der Waals surface area contributed by atoms with Crippen molar-refractivity contribution < 1.29 is 33.8 Å². The number of aromatic amines is 2. The smallest absolute Gasteiger partial charge is 0.377 e. The lowest BCUT2D eigenvalue weighted by molar-refractivity contribution is -0.241. The number of benzene rings is 2. The number of hydrogen-bond acceptors (Lipinski definition) is 9. The standard InChI is InChI=1S/C12H11N3O3.C8H9O4.C7H7N3/c16-11-9(12(17)18)3-4-15(11)8-1-2-10-7(5-8)6-13-14-10;1-7(2)11-5(9)8(3-4-8)6(10)12-7;8-6-1-2-7-5(3-6)4-9-10-7/h1-2,5-6,9H,3-4H2,(H,13,14)(H,17,18);3H,4H2,1-2H3;1-4H,8H2,(H,9,10)/q;+1;. The molecule has 0 bridgehead atoms. The second kappa shape index (κ2) is 9.91. The number of carbonyl (C=O) groups is 4. The third kappa shape index (κ3) is 5.13. The zero-order valence-electron chi connectivity index (χ0n) is 21.7. The molecule has 3 fully saturated rings. The highest BCUT2D eigenvalue weighted by Gasteiger charge is 2.75. The summed E-state index contributed by atoms with van der Waals surface area (Å²) in [4.78, 5) is 46.9. The molecule has 2 saturated heterocycles. The van der Waals surface area contributed by atoms with Crippen LogP contribution in [-0.2, 0) is 28.7 Å². The van der Waals surface area contributed by atoms with E-state index in [1.54, 1.807) is 24.9 Å². The van der Waals surface area contributed by atoms with Gasteiger partial charge in [-0.3, -0.25) is 19.8 Å². The number of H-pyrrole nitrogens is 2. The Balaban J connectivity index is 0.000000128. The Hall–Kier alpha value is -5.07. The van der Waals surface area contributed by atoms with Gasteiger partial charge in [0.25, 0.3) is 5.79 Å². The summed E-state index contributed by atoms with van der Waals surface area (Å²) in [5.74, 6) is -4.37. The number of fused-ring (bicyclic) bond motifs is 2. The van der Waals surface area contributed by atoms with E-state index in [1.165, 1.54) is 18.7 Å². The first-order valence-electron chi connectivity index (χ1n) is 12.5. The van der Waals surface area contributed by atoms with Crippen LogP contribution in [-0.4, -0.2) is 61.6 Å². The van der Waals surface area contributed by atoms with Crippen LogP contribution in [0, 0.1) is 17.8 Å². The summed E-state index contributed by atoms with van der Waals surface area (Å²) < 4.78 is 9.82. The molecule has 40 heavy (non-hydrogen) atoms. The van der Waals surface area contributed by atoms with Crippen LogP contribution in [0.25, 0.3) is 21.8 Å². The first-order valence-corrected chi connectivity index (χ1v) is 12.5. The number of carboxylic acid groups (broad SMARTS) is 1. The van der Waals surface area contributed by atoms with Crippen LogP contribution in [0.5, 0.6) is 0 Å². The Labute approximate surface area is 227 Å². The van der Waals surface area contributed by atoms with Crippen LogP contribution >= 0.6 is 0 Å². The second-order valence-corrected chi connectivity index (χ2v) is 10.1. The first kappa shape index (κ1) is 26.5. The van der Waals surface area contributed by atoms with Gasteiger partial charge in [-0.25, -0.2) is 9.59 Å². The fraction of sp³-hybridized carbons (Fsp3) is 0.296. The molecule has 4 heterocycles. The van der Waals surface area contributed by atoms with E-state index in [1.807, 2.05) is 30.3 Å². The number of hydrogen-bond donors (Lipinski definition) is 4. The van der Waals surface area contributed by atoms with E-state index in [0.29, 0.717) is 19.4 Å². The number of aliphatic carboxylic acids is 1. The van der Waals surface area contributed by atoms with E-state index in [4.69, 9.17) is 20.3 Å². The van der Waals surface area contributed by atoms with E-state index < -0.39 is 35.0 Å². The number of nitrogens with two attached hydrogens (primary N) is 1. The normalized spacial score (nSPS) is 20.1. The minimum atomic E-state index is -1.10. The molecule has 0 radical (unpaired) electrons. The van der Waals surface area contributed by atoms with Gasteiger partial charge in [0.15, 0.2) is 6.42 Å². The van der Waals surface area contributed by atoms with Gasteiger partial charge >= 0.3 is 23.3 Å². The molecular weight excluding hydrogens is 520 g/mol. The van der Waals surface area contributed by atoms with Crippen LogP contribution in [0.1, 0.15) is 26.7 Å². The Morgan fingerprint density at radius 2 is 1.60 bits per heavy atom. The third-order valence-corrected chi connectivity index (χ3v) is 6.72. The largest absolute Gasteiger partial charge is 0.481 e. The van der Waals surface area contributed by atoms with E-state index in [2.05, 4.69) is 20.4 Å². The van der Waals surface area contributed by atoms with E-state index in [9.17, 15) is 19.2 Å². The highest BCUT2D eigenvalue weighted by Crippen LogP contribution is 2.50. The van der Waals surface area contributed by atoms with Crippen molar-refractivity contribution in [1.29, 1.82) is 0 Å². The van der Waals surface area contributed by atoms with Crippen LogP contribution in [0.3, 0.4) is 0 Å². The maximum atomic E-state index is 11.9. The van der Waals surface area contributed by atoms with Crippen LogP contribution < -0.4 is 10.6 Å². The number of esters is 2. The van der Waals surface area contributed by atoms with Gasteiger partial charge < -0.3 is 25.2 Å². The van der Waals surface area contributed by atoms with Crippen molar-refractivity contribution in [2.24, 2.45) is 11.3 Å². The minimum Gasteiger partial charge on any atom is -0.481 e. The SMILES string of the molecule is CC1(C)OC(=O)C2([CH+]C2)C(=O)O1.Nc1ccc2[nH]ncc2c1.O=C(O)C1CCN(c2ccc3[nH]ncc3c2)C1=O. The van der Waals surface area contributed by atoms with Gasteiger partial charge in [0, 0.05) is 42.5 Å². The molecule has 5 N–H and O–H groups in total. The van der Waals surface area contributed by atoms with Crippen molar-refractivity contribution in [3.8, 4) is 0 Å². The van der Waals surface area contributed by atoms with Gasteiger partial charge in [-0.15, -0.1) is 0 Å². The second-order valence-electron chi connectivity index (χ2n) is 10.1.